The minimum atomic E-state index is -0.857. The summed E-state index contributed by atoms with van der Waals surface area (Å²) in [5.74, 6) is -1.44. The van der Waals surface area contributed by atoms with E-state index in [2.05, 4.69) is 4.90 Å². The molecule has 2 unspecified atom stereocenters. The molecule has 2 fully saturated rings. The third kappa shape index (κ3) is 1.62. The fraction of sp³-hybridized carbons (Fsp3) is 0.889. The SMILES string of the molecule is CN1C2CCC1[C@@H](C(=O)O)[C@@H](O)C2.Cl. The van der Waals surface area contributed by atoms with Gasteiger partial charge in [0.2, 0.25) is 0 Å². The summed E-state index contributed by atoms with van der Waals surface area (Å²) < 4.78 is 0. The summed E-state index contributed by atoms with van der Waals surface area (Å²) in [4.78, 5) is 13.0. The van der Waals surface area contributed by atoms with Crippen LogP contribution in [0.15, 0.2) is 0 Å². The molecule has 0 spiro atoms. The van der Waals surface area contributed by atoms with E-state index >= 15 is 0 Å². The van der Waals surface area contributed by atoms with Gasteiger partial charge in [0, 0.05) is 12.1 Å². The summed E-state index contributed by atoms with van der Waals surface area (Å²) in [6, 6.07) is 0.446. The Morgan fingerprint density at radius 3 is 2.64 bits per heavy atom. The number of aliphatic carboxylic acids is 1. The number of aliphatic hydroxyl groups excluding tert-OH is 1. The number of hydrogen-bond donors (Lipinski definition) is 2. The van der Waals surface area contributed by atoms with E-state index in [1.807, 2.05) is 7.05 Å². The smallest absolute Gasteiger partial charge is 0.310 e. The van der Waals surface area contributed by atoms with Gasteiger partial charge in [-0.1, -0.05) is 0 Å². The molecule has 2 bridgehead atoms. The van der Waals surface area contributed by atoms with Crippen LogP contribution in [-0.2, 0) is 4.79 Å². The molecule has 4 atom stereocenters. The Bertz CT molecular complexity index is 236. The van der Waals surface area contributed by atoms with Crippen molar-refractivity contribution in [3.05, 3.63) is 0 Å². The number of aliphatic hydroxyl groups is 1. The average Bonchev–Trinajstić information content (AvgIpc) is 2.34. The van der Waals surface area contributed by atoms with Gasteiger partial charge in [-0.3, -0.25) is 9.69 Å². The van der Waals surface area contributed by atoms with Crippen molar-refractivity contribution in [2.45, 2.75) is 37.5 Å². The van der Waals surface area contributed by atoms with Gasteiger partial charge < -0.3 is 10.2 Å². The topological polar surface area (TPSA) is 60.8 Å². The highest BCUT2D eigenvalue weighted by Crippen LogP contribution is 2.38. The highest BCUT2D eigenvalue weighted by Gasteiger charge is 2.48. The molecule has 0 radical (unpaired) electrons. The van der Waals surface area contributed by atoms with Crippen molar-refractivity contribution in [1.82, 2.24) is 4.90 Å². The molecule has 2 saturated heterocycles. The Balaban J connectivity index is 0.000000980. The quantitative estimate of drug-likeness (QED) is 0.670. The number of carboxylic acids is 1. The molecule has 0 amide bonds. The fourth-order valence-electron chi connectivity index (χ4n) is 2.77. The van der Waals surface area contributed by atoms with Crippen LogP contribution in [0.2, 0.25) is 0 Å². The maximum atomic E-state index is 10.9. The zero-order valence-electron chi connectivity index (χ0n) is 8.09. The number of rotatable bonds is 1. The number of hydrogen-bond acceptors (Lipinski definition) is 3. The first-order chi connectivity index (χ1) is 6.11. The number of carbonyl (C=O) groups is 1. The van der Waals surface area contributed by atoms with Crippen LogP contribution >= 0.6 is 12.4 Å². The minimum Gasteiger partial charge on any atom is -0.481 e. The van der Waals surface area contributed by atoms with E-state index in [1.54, 1.807) is 0 Å². The van der Waals surface area contributed by atoms with Crippen LogP contribution < -0.4 is 0 Å². The summed E-state index contributed by atoms with van der Waals surface area (Å²) in [5, 5.41) is 18.6. The van der Waals surface area contributed by atoms with Gasteiger partial charge in [0.15, 0.2) is 0 Å². The molecule has 82 valence electrons. The van der Waals surface area contributed by atoms with Gasteiger partial charge in [0.05, 0.1) is 12.0 Å². The first-order valence-electron chi connectivity index (χ1n) is 4.74. The average molecular weight is 222 g/mol. The summed E-state index contributed by atoms with van der Waals surface area (Å²) in [7, 11) is 1.96. The Hall–Kier alpha value is -0.320. The molecule has 0 aliphatic carbocycles. The predicted molar refractivity (Wildman–Crippen MR) is 53.6 cm³/mol. The summed E-state index contributed by atoms with van der Waals surface area (Å²) >= 11 is 0. The van der Waals surface area contributed by atoms with Crippen LogP contribution in [0, 0.1) is 5.92 Å². The highest BCUT2D eigenvalue weighted by molar-refractivity contribution is 5.85. The molecule has 4 nitrogen and oxygen atoms in total. The number of halogens is 1. The van der Waals surface area contributed by atoms with E-state index in [1.165, 1.54) is 0 Å². The maximum absolute atomic E-state index is 10.9. The molecule has 2 aliphatic heterocycles. The van der Waals surface area contributed by atoms with Crippen molar-refractivity contribution in [2.75, 3.05) is 7.05 Å². The van der Waals surface area contributed by atoms with Crippen LogP contribution in [0.3, 0.4) is 0 Å². The summed E-state index contributed by atoms with van der Waals surface area (Å²) in [5.41, 5.74) is 0. The van der Waals surface area contributed by atoms with E-state index in [4.69, 9.17) is 5.11 Å². The zero-order chi connectivity index (χ0) is 9.59. The molecular formula is C9H16ClNO3. The first-order valence-corrected chi connectivity index (χ1v) is 4.74. The van der Waals surface area contributed by atoms with Gasteiger partial charge in [-0.05, 0) is 26.3 Å². The number of piperidine rings is 1. The van der Waals surface area contributed by atoms with Gasteiger partial charge in [0.1, 0.15) is 0 Å². The Kier molecular flexibility index (Phi) is 3.40. The van der Waals surface area contributed by atoms with Crippen molar-refractivity contribution in [3.63, 3.8) is 0 Å². The second kappa shape index (κ2) is 4.04. The maximum Gasteiger partial charge on any atom is 0.310 e. The van der Waals surface area contributed by atoms with E-state index < -0.39 is 18.0 Å². The molecule has 0 aromatic heterocycles. The number of nitrogens with zero attached hydrogens (tertiary/aromatic N) is 1. The second-order valence-corrected chi connectivity index (χ2v) is 4.13. The lowest BCUT2D eigenvalue weighted by atomic mass is 9.88. The largest absolute Gasteiger partial charge is 0.481 e. The monoisotopic (exact) mass is 221 g/mol. The van der Waals surface area contributed by atoms with E-state index in [0.29, 0.717) is 12.5 Å². The molecular weight excluding hydrogens is 206 g/mol. The Labute approximate surface area is 89.3 Å². The normalized spacial score (nSPS) is 41.9. The lowest BCUT2D eigenvalue weighted by Gasteiger charge is -2.38. The van der Waals surface area contributed by atoms with Gasteiger partial charge in [0.25, 0.3) is 0 Å². The van der Waals surface area contributed by atoms with Crippen LogP contribution in [0.4, 0.5) is 0 Å². The minimum absolute atomic E-state index is 0. The van der Waals surface area contributed by atoms with Crippen molar-refractivity contribution in [1.29, 1.82) is 0 Å². The van der Waals surface area contributed by atoms with Crippen LogP contribution in [0.5, 0.6) is 0 Å². The molecule has 2 rings (SSSR count). The lowest BCUT2D eigenvalue weighted by molar-refractivity contribution is -0.151. The van der Waals surface area contributed by atoms with Crippen LogP contribution in [0.1, 0.15) is 19.3 Å². The molecule has 5 heteroatoms. The Morgan fingerprint density at radius 1 is 1.43 bits per heavy atom. The van der Waals surface area contributed by atoms with E-state index in [0.717, 1.165) is 12.8 Å². The molecule has 0 saturated carbocycles. The Morgan fingerprint density at radius 2 is 2.07 bits per heavy atom. The van der Waals surface area contributed by atoms with Crippen molar-refractivity contribution in [2.24, 2.45) is 5.92 Å². The summed E-state index contributed by atoms with van der Waals surface area (Å²) in [6.07, 6.45) is 1.91. The molecule has 0 aromatic rings. The van der Waals surface area contributed by atoms with Gasteiger partial charge in [-0.15, -0.1) is 12.4 Å². The second-order valence-electron chi connectivity index (χ2n) is 4.13. The van der Waals surface area contributed by atoms with Crippen LogP contribution in [-0.4, -0.2) is 46.3 Å². The van der Waals surface area contributed by atoms with Crippen molar-refractivity contribution < 1.29 is 15.0 Å². The lowest BCUT2D eigenvalue weighted by Crippen LogP contribution is -2.51. The molecule has 2 aliphatic rings. The first kappa shape index (κ1) is 11.8. The third-order valence-electron chi connectivity index (χ3n) is 3.52. The van der Waals surface area contributed by atoms with E-state index in [9.17, 15) is 9.90 Å². The number of fused-ring (bicyclic) bond motifs is 2. The van der Waals surface area contributed by atoms with Gasteiger partial charge in [-0.2, -0.15) is 0 Å². The third-order valence-corrected chi connectivity index (χ3v) is 3.52. The molecule has 0 aromatic carbocycles. The summed E-state index contributed by atoms with van der Waals surface area (Å²) in [6.45, 7) is 0. The van der Waals surface area contributed by atoms with Crippen molar-refractivity contribution >= 4 is 18.4 Å². The van der Waals surface area contributed by atoms with E-state index in [-0.39, 0.29) is 18.4 Å². The highest BCUT2D eigenvalue weighted by atomic mass is 35.5. The fourth-order valence-corrected chi connectivity index (χ4v) is 2.77. The molecule has 2 N–H and O–H groups in total. The van der Waals surface area contributed by atoms with Gasteiger partial charge in [-0.25, -0.2) is 0 Å². The standard InChI is InChI=1S/C9H15NO3.ClH/c1-10-5-2-3-6(10)8(9(12)13)7(11)4-5;/h5-8,11H,2-4H2,1H3,(H,12,13);1H/t5?,6?,7-,8+;/m0./s1. The predicted octanol–water partition coefficient (Wildman–Crippen LogP) is 0.336. The number of carboxylic acid groups (broad SMARTS) is 1. The van der Waals surface area contributed by atoms with Crippen molar-refractivity contribution in [3.8, 4) is 0 Å². The molecule has 14 heavy (non-hydrogen) atoms. The van der Waals surface area contributed by atoms with Crippen LogP contribution in [0.25, 0.3) is 0 Å². The zero-order valence-corrected chi connectivity index (χ0v) is 8.91. The molecule has 2 heterocycles. The van der Waals surface area contributed by atoms with Gasteiger partial charge >= 0.3 is 5.97 Å².